The topological polar surface area (TPSA) is 9.72 Å². The molecule has 4 heterocycles. The Hall–Kier alpha value is -6.00. The van der Waals surface area contributed by atoms with Crippen LogP contribution in [-0.2, 0) is 16.2 Å². The van der Waals surface area contributed by atoms with Gasteiger partial charge in [0.2, 0.25) is 0 Å². The molecule has 0 saturated heterocycles. The molecule has 2 aliphatic carbocycles. The number of rotatable bonds is 4. The standard InChI is InChI=1S/C63H64BN3/c1-41-20-19-25-47(34-41)65-54-35-42(2)26-28-51(54)64-52-37-44(43-21-11-9-12-22-43)36-50-58(52)67(61(7)31-16-15-30-60(50,61)6)56-40-48(39-55(65)57(56)64)66-53-29-27-46(59(3,4)5)38-49(53)63(45-23-13-10-14-24-45)33-18-17-32-62(63,66)8/h9-14,19-29,34-40H,15-18,30-33H2,1-8H3. The smallest absolute Gasteiger partial charge is 0.252 e. The van der Waals surface area contributed by atoms with Gasteiger partial charge in [-0.3, -0.25) is 0 Å². The van der Waals surface area contributed by atoms with E-state index in [2.05, 4.69) is 216 Å². The molecule has 0 N–H and O–H groups in total. The first kappa shape index (κ1) is 41.2. The minimum absolute atomic E-state index is 0.0236. The second-order valence-electron chi connectivity index (χ2n) is 23.1. The highest BCUT2D eigenvalue weighted by Gasteiger charge is 2.64. The molecule has 2 saturated carbocycles. The van der Waals surface area contributed by atoms with Crippen LogP contribution in [-0.4, -0.2) is 17.8 Å². The number of nitrogens with zero attached hydrogens (tertiary/aromatic N) is 3. The maximum absolute atomic E-state index is 2.94. The van der Waals surface area contributed by atoms with Crippen molar-refractivity contribution >= 4 is 62.9 Å². The zero-order valence-corrected chi connectivity index (χ0v) is 40.9. The maximum Gasteiger partial charge on any atom is 0.252 e. The second-order valence-corrected chi connectivity index (χ2v) is 23.1. The molecule has 4 unspecified atom stereocenters. The molecule has 0 spiro atoms. The van der Waals surface area contributed by atoms with E-state index in [0.29, 0.717) is 0 Å². The summed E-state index contributed by atoms with van der Waals surface area (Å²) in [6.45, 7) is 19.6. The van der Waals surface area contributed by atoms with Crippen LogP contribution < -0.4 is 31.1 Å². The van der Waals surface area contributed by atoms with Crippen molar-refractivity contribution in [1.82, 2.24) is 0 Å². The molecule has 0 bridgehead atoms. The van der Waals surface area contributed by atoms with Crippen LogP contribution in [0.15, 0.2) is 146 Å². The fourth-order valence-electron chi connectivity index (χ4n) is 15.0. The van der Waals surface area contributed by atoms with Crippen molar-refractivity contribution in [2.45, 2.75) is 134 Å². The molecule has 4 heteroatoms. The van der Waals surface area contributed by atoms with E-state index in [4.69, 9.17) is 0 Å². The lowest BCUT2D eigenvalue weighted by atomic mass is 9.33. The van der Waals surface area contributed by atoms with Gasteiger partial charge >= 0.3 is 0 Å². The summed E-state index contributed by atoms with van der Waals surface area (Å²) in [5, 5.41) is 0. The normalized spacial score (nSPS) is 25.3. The Kier molecular flexibility index (Phi) is 8.63. The lowest BCUT2D eigenvalue weighted by molar-refractivity contribution is 0.195. The zero-order valence-electron chi connectivity index (χ0n) is 40.9. The van der Waals surface area contributed by atoms with Gasteiger partial charge in [-0.25, -0.2) is 0 Å². The van der Waals surface area contributed by atoms with Crippen LogP contribution in [0.1, 0.15) is 126 Å². The van der Waals surface area contributed by atoms with E-state index in [0.717, 1.165) is 19.3 Å². The summed E-state index contributed by atoms with van der Waals surface area (Å²) in [6.07, 6.45) is 9.55. The average Bonchev–Trinajstić information content (AvgIpc) is 3.69. The van der Waals surface area contributed by atoms with Crippen molar-refractivity contribution in [1.29, 1.82) is 0 Å². The van der Waals surface area contributed by atoms with E-state index in [1.807, 2.05) is 0 Å². The molecule has 4 atom stereocenters. The minimum Gasteiger partial charge on any atom is -0.335 e. The Morgan fingerprint density at radius 1 is 0.493 bits per heavy atom. The Morgan fingerprint density at radius 2 is 1.19 bits per heavy atom. The Labute approximate surface area is 400 Å². The highest BCUT2D eigenvalue weighted by molar-refractivity contribution is 7.00. The number of hydrogen-bond donors (Lipinski definition) is 0. The summed E-state index contributed by atoms with van der Waals surface area (Å²) in [5.74, 6) is 0. The van der Waals surface area contributed by atoms with Crippen LogP contribution in [0.2, 0.25) is 0 Å². The van der Waals surface area contributed by atoms with Crippen molar-refractivity contribution < 1.29 is 0 Å². The van der Waals surface area contributed by atoms with Gasteiger partial charge in [0.05, 0.1) is 11.1 Å². The van der Waals surface area contributed by atoms with Gasteiger partial charge in [0, 0.05) is 50.6 Å². The van der Waals surface area contributed by atoms with Crippen molar-refractivity contribution in [3.05, 3.63) is 179 Å². The van der Waals surface area contributed by atoms with Gasteiger partial charge < -0.3 is 14.7 Å². The average molecular weight is 874 g/mol. The number of anilines is 7. The first-order chi connectivity index (χ1) is 32.3. The summed E-state index contributed by atoms with van der Waals surface area (Å²) in [5.41, 5.74) is 24.3. The van der Waals surface area contributed by atoms with Crippen LogP contribution >= 0.6 is 0 Å². The fourth-order valence-corrected chi connectivity index (χ4v) is 15.0. The van der Waals surface area contributed by atoms with E-state index in [1.165, 1.54) is 127 Å². The Morgan fingerprint density at radius 3 is 1.96 bits per heavy atom. The van der Waals surface area contributed by atoms with E-state index in [-0.39, 0.29) is 34.0 Å². The van der Waals surface area contributed by atoms with E-state index >= 15 is 0 Å². The highest BCUT2D eigenvalue weighted by atomic mass is 15.3. The van der Waals surface area contributed by atoms with Gasteiger partial charge in [-0.05, 0) is 162 Å². The fraction of sp³-hybridized carbons (Fsp3) is 0.333. The molecule has 334 valence electrons. The molecule has 67 heavy (non-hydrogen) atoms. The molecular formula is C63H64BN3. The van der Waals surface area contributed by atoms with Crippen molar-refractivity contribution in [3.8, 4) is 11.1 Å². The van der Waals surface area contributed by atoms with Crippen LogP contribution in [0.25, 0.3) is 11.1 Å². The summed E-state index contributed by atoms with van der Waals surface area (Å²) < 4.78 is 0. The summed E-state index contributed by atoms with van der Waals surface area (Å²) in [6, 6.07) is 57.6. The molecule has 2 fully saturated rings. The van der Waals surface area contributed by atoms with E-state index in [1.54, 1.807) is 5.56 Å². The van der Waals surface area contributed by atoms with Crippen LogP contribution in [0.5, 0.6) is 0 Å². The van der Waals surface area contributed by atoms with Crippen LogP contribution in [0.4, 0.5) is 39.8 Å². The molecule has 7 aromatic carbocycles. The Bertz CT molecular complexity index is 3190. The van der Waals surface area contributed by atoms with Crippen LogP contribution in [0, 0.1) is 13.8 Å². The van der Waals surface area contributed by atoms with Crippen LogP contribution in [0.3, 0.4) is 0 Å². The predicted molar refractivity (Wildman–Crippen MR) is 285 cm³/mol. The quantitative estimate of drug-likeness (QED) is 0.163. The van der Waals surface area contributed by atoms with Crippen molar-refractivity contribution in [2.75, 3.05) is 14.7 Å². The lowest BCUT2D eigenvalue weighted by Crippen LogP contribution is -2.64. The maximum atomic E-state index is 2.94. The monoisotopic (exact) mass is 874 g/mol. The molecule has 13 rings (SSSR count). The van der Waals surface area contributed by atoms with Crippen molar-refractivity contribution in [2.24, 2.45) is 0 Å². The largest absolute Gasteiger partial charge is 0.335 e. The third-order valence-electron chi connectivity index (χ3n) is 18.5. The highest BCUT2D eigenvalue weighted by Crippen LogP contribution is 2.66. The summed E-state index contributed by atoms with van der Waals surface area (Å²) in [7, 11) is 0. The van der Waals surface area contributed by atoms with Gasteiger partial charge in [-0.2, -0.15) is 0 Å². The van der Waals surface area contributed by atoms with Gasteiger partial charge in [0.15, 0.2) is 0 Å². The molecule has 0 aromatic heterocycles. The molecule has 3 nitrogen and oxygen atoms in total. The van der Waals surface area contributed by atoms with Gasteiger partial charge in [-0.15, -0.1) is 0 Å². The molecule has 7 aromatic rings. The predicted octanol–water partition coefficient (Wildman–Crippen LogP) is 14.4. The molecule has 6 aliphatic rings. The lowest BCUT2D eigenvalue weighted by Gasteiger charge is -2.54. The van der Waals surface area contributed by atoms with E-state index < -0.39 is 0 Å². The van der Waals surface area contributed by atoms with Gasteiger partial charge in [-0.1, -0.05) is 157 Å². The third kappa shape index (κ3) is 5.36. The third-order valence-corrected chi connectivity index (χ3v) is 18.5. The van der Waals surface area contributed by atoms with Crippen molar-refractivity contribution in [3.63, 3.8) is 0 Å². The summed E-state index contributed by atoms with van der Waals surface area (Å²) in [4.78, 5) is 8.47. The van der Waals surface area contributed by atoms with Gasteiger partial charge in [0.1, 0.15) is 0 Å². The second kappa shape index (κ2) is 14.0. The molecule has 4 aliphatic heterocycles. The van der Waals surface area contributed by atoms with Gasteiger partial charge in [0.25, 0.3) is 6.71 Å². The van der Waals surface area contributed by atoms with E-state index in [9.17, 15) is 0 Å². The first-order valence-electron chi connectivity index (χ1n) is 25.5. The number of hydrogen-bond acceptors (Lipinski definition) is 3. The minimum atomic E-state index is -0.209. The molecule has 0 radical (unpaired) electrons. The molecule has 0 amide bonds. The Balaban J connectivity index is 1.16. The molecular weight excluding hydrogens is 810 g/mol. The first-order valence-corrected chi connectivity index (χ1v) is 25.5. The summed E-state index contributed by atoms with van der Waals surface area (Å²) >= 11 is 0. The number of benzene rings is 7. The zero-order chi connectivity index (χ0) is 45.8. The number of fused-ring (bicyclic) bond motifs is 10. The SMILES string of the molecule is Cc1cccc(N2c3cc(C)ccc3B3c4cc(-c5ccccc5)cc5c4N(c4cc(N6c7ccc(C(C)(C)C)cc7C7(c8ccccc8)CCCCC67C)cc2c43)C2(C)CCCCC52C)c1. The number of aryl methyl sites for hydroxylation is 2.